The van der Waals surface area contributed by atoms with Crippen molar-refractivity contribution in [3.8, 4) is 0 Å². The van der Waals surface area contributed by atoms with Crippen molar-refractivity contribution in [2.24, 2.45) is 0 Å². The Labute approximate surface area is 160 Å². The smallest absolute Gasteiger partial charge is 0.255 e. The van der Waals surface area contributed by atoms with E-state index in [0.29, 0.717) is 12.2 Å². The number of carbonyl (C=O) groups excluding carboxylic acids is 1. The van der Waals surface area contributed by atoms with Crippen LogP contribution in [0.4, 0.5) is 5.69 Å². The molecule has 1 atom stereocenters. The first-order valence-electron chi connectivity index (χ1n) is 8.95. The number of rotatable bonds is 6. The number of benzene rings is 2. The molecule has 0 spiro atoms. The van der Waals surface area contributed by atoms with Crippen LogP contribution >= 0.6 is 0 Å². The predicted octanol–water partition coefficient (Wildman–Crippen LogP) is 3.01. The lowest BCUT2D eigenvalue weighted by atomic mass is 10.1. The van der Waals surface area contributed by atoms with Crippen molar-refractivity contribution >= 4 is 21.6 Å². The van der Waals surface area contributed by atoms with E-state index in [1.807, 2.05) is 32.0 Å². The molecule has 2 aromatic carbocycles. The van der Waals surface area contributed by atoms with Crippen LogP contribution in [0.2, 0.25) is 0 Å². The first-order valence-corrected chi connectivity index (χ1v) is 10.4. The lowest BCUT2D eigenvalue weighted by Crippen LogP contribution is -2.31. The zero-order valence-electron chi connectivity index (χ0n) is 15.5. The quantitative estimate of drug-likeness (QED) is 0.797. The van der Waals surface area contributed by atoms with Crippen molar-refractivity contribution < 1.29 is 17.9 Å². The highest BCUT2D eigenvalue weighted by atomic mass is 32.2. The molecule has 0 aromatic heterocycles. The zero-order chi connectivity index (χ0) is 19.4. The molecule has 0 aliphatic carbocycles. The number of hydrogen-bond acceptors (Lipinski definition) is 4. The van der Waals surface area contributed by atoms with Crippen LogP contribution in [0.1, 0.15) is 34.3 Å². The van der Waals surface area contributed by atoms with Crippen LogP contribution in [0.25, 0.3) is 0 Å². The highest BCUT2D eigenvalue weighted by Gasteiger charge is 2.20. The predicted molar refractivity (Wildman–Crippen MR) is 104 cm³/mol. The van der Waals surface area contributed by atoms with Gasteiger partial charge in [-0.25, -0.2) is 13.1 Å². The highest BCUT2D eigenvalue weighted by Crippen LogP contribution is 2.18. The molecule has 0 bridgehead atoms. The summed E-state index contributed by atoms with van der Waals surface area (Å²) < 4.78 is 32.7. The SMILES string of the molecule is Cc1ccc(C)c(NC(=O)c2ccc(S(=O)(=O)NC[C@H]3CCCO3)cc2)c1. The largest absolute Gasteiger partial charge is 0.377 e. The fraction of sp³-hybridized carbons (Fsp3) is 0.350. The Kier molecular flexibility index (Phi) is 5.94. The molecule has 2 aromatic rings. The number of ether oxygens (including phenoxy) is 1. The van der Waals surface area contributed by atoms with Crippen molar-refractivity contribution in [1.29, 1.82) is 0 Å². The average Bonchev–Trinajstić information content (AvgIpc) is 3.17. The fourth-order valence-corrected chi connectivity index (χ4v) is 4.01. The molecule has 7 heteroatoms. The minimum absolute atomic E-state index is 0.0672. The Morgan fingerprint density at radius 3 is 2.56 bits per heavy atom. The van der Waals surface area contributed by atoms with Crippen LogP contribution in [0.5, 0.6) is 0 Å². The van der Waals surface area contributed by atoms with Crippen LogP contribution < -0.4 is 10.0 Å². The van der Waals surface area contributed by atoms with Gasteiger partial charge in [0.2, 0.25) is 10.0 Å². The fourth-order valence-electron chi connectivity index (χ4n) is 2.94. The summed E-state index contributed by atoms with van der Waals surface area (Å²) in [5, 5.41) is 2.87. The monoisotopic (exact) mass is 388 g/mol. The summed E-state index contributed by atoms with van der Waals surface area (Å²) in [6.45, 7) is 4.82. The number of amides is 1. The van der Waals surface area contributed by atoms with E-state index in [1.54, 1.807) is 0 Å². The van der Waals surface area contributed by atoms with E-state index in [-0.39, 0.29) is 23.5 Å². The third-order valence-electron chi connectivity index (χ3n) is 4.59. The molecule has 3 rings (SSSR count). The topological polar surface area (TPSA) is 84.5 Å². The Bertz CT molecular complexity index is 917. The second-order valence-corrected chi connectivity index (χ2v) is 8.55. The first-order chi connectivity index (χ1) is 12.8. The Balaban J connectivity index is 1.66. The van der Waals surface area contributed by atoms with Crippen molar-refractivity contribution in [2.75, 3.05) is 18.5 Å². The first kappa shape index (κ1) is 19.5. The lowest BCUT2D eigenvalue weighted by molar-refractivity contribution is 0.102. The van der Waals surface area contributed by atoms with Crippen molar-refractivity contribution in [3.05, 3.63) is 59.2 Å². The second kappa shape index (κ2) is 8.21. The van der Waals surface area contributed by atoms with E-state index in [4.69, 9.17) is 4.74 Å². The summed E-state index contributed by atoms with van der Waals surface area (Å²) in [7, 11) is -3.62. The van der Waals surface area contributed by atoms with Gasteiger partial charge in [0.15, 0.2) is 0 Å². The number of sulfonamides is 1. The minimum atomic E-state index is -3.62. The van der Waals surface area contributed by atoms with Crippen LogP contribution in [0.15, 0.2) is 47.4 Å². The van der Waals surface area contributed by atoms with Gasteiger partial charge in [0, 0.05) is 24.4 Å². The van der Waals surface area contributed by atoms with Gasteiger partial charge in [-0.15, -0.1) is 0 Å². The molecule has 27 heavy (non-hydrogen) atoms. The lowest BCUT2D eigenvalue weighted by Gasteiger charge is -2.12. The highest BCUT2D eigenvalue weighted by molar-refractivity contribution is 7.89. The van der Waals surface area contributed by atoms with Gasteiger partial charge in [0.05, 0.1) is 11.0 Å². The molecule has 0 unspecified atom stereocenters. The van der Waals surface area contributed by atoms with Crippen LogP contribution in [0.3, 0.4) is 0 Å². The summed E-state index contributed by atoms with van der Waals surface area (Å²) in [5.74, 6) is -0.278. The summed E-state index contributed by atoms with van der Waals surface area (Å²) in [5.41, 5.74) is 3.16. The molecule has 1 aliphatic rings. The Morgan fingerprint density at radius 2 is 1.89 bits per heavy atom. The maximum Gasteiger partial charge on any atom is 0.255 e. The van der Waals surface area contributed by atoms with E-state index < -0.39 is 10.0 Å². The van der Waals surface area contributed by atoms with E-state index in [2.05, 4.69) is 10.0 Å². The summed E-state index contributed by atoms with van der Waals surface area (Å²) in [4.78, 5) is 12.6. The molecule has 0 radical (unpaired) electrons. The van der Waals surface area contributed by atoms with Gasteiger partial charge in [-0.05, 0) is 68.1 Å². The molecule has 1 aliphatic heterocycles. The average molecular weight is 388 g/mol. The zero-order valence-corrected chi connectivity index (χ0v) is 16.3. The number of anilines is 1. The molecular formula is C20H24N2O4S. The second-order valence-electron chi connectivity index (χ2n) is 6.78. The molecule has 2 N–H and O–H groups in total. The van der Waals surface area contributed by atoms with Crippen LogP contribution in [-0.2, 0) is 14.8 Å². The third kappa shape index (κ3) is 4.94. The van der Waals surface area contributed by atoms with Crippen molar-refractivity contribution in [1.82, 2.24) is 4.72 Å². The van der Waals surface area contributed by atoms with E-state index in [0.717, 1.165) is 29.7 Å². The number of hydrogen-bond donors (Lipinski definition) is 2. The molecule has 0 saturated carbocycles. The third-order valence-corrected chi connectivity index (χ3v) is 6.03. The molecule has 1 fully saturated rings. The van der Waals surface area contributed by atoms with E-state index >= 15 is 0 Å². The molecule has 6 nitrogen and oxygen atoms in total. The Morgan fingerprint density at radius 1 is 1.15 bits per heavy atom. The van der Waals surface area contributed by atoms with E-state index in [9.17, 15) is 13.2 Å². The normalized spacial score (nSPS) is 17.0. The van der Waals surface area contributed by atoms with Gasteiger partial charge in [0.1, 0.15) is 0 Å². The number of nitrogens with one attached hydrogen (secondary N) is 2. The Hall–Kier alpha value is -2.22. The summed E-state index contributed by atoms with van der Waals surface area (Å²) in [6.07, 6.45) is 1.75. The van der Waals surface area contributed by atoms with Crippen LogP contribution in [0, 0.1) is 13.8 Å². The number of carbonyl (C=O) groups is 1. The maximum atomic E-state index is 12.4. The van der Waals surface area contributed by atoms with Gasteiger partial charge < -0.3 is 10.1 Å². The van der Waals surface area contributed by atoms with Gasteiger partial charge in [-0.2, -0.15) is 0 Å². The van der Waals surface area contributed by atoms with Crippen molar-refractivity contribution in [2.45, 2.75) is 37.7 Å². The summed E-state index contributed by atoms with van der Waals surface area (Å²) in [6, 6.07) is 11.7. The maximum absolute atomic E-state index is 12.4. The molecule has 1 heterocycles. The van der Waals surface area contributed by atoms with Crippen molar-refractivity contribution in [3.63, 3.8) is 0 Å². The molecule has 1 saturated heterocycles. The minimum Gasteiger partial charge on any atom is -0.377 e. The number of aryl methyl sites for hydroxylation is 2. The molecular weight excluding hydrogens is 364 g/mol. The van der Waals surface area contributed by atoms with E-state index in [1.165, 1.54) is 24.3 Å². The van der Waals surface area contributed by atoms with Gasteiger partial charge in [0.25, 0.3) is 5.91 Å². The molecule has 144 valence electrons. The standard InChI is InChI=1S/C20H24N2O4S/c1-14-5-6-15(2)19(12-14)22-20(23)16-7-9-18(10-8-16)27(24,25)21-13-17-4-3-11-26-17/h5-10,12,17,21H,3-4,11,13H2,1-2H3,(H,22,23)/t17-/m1/s1. The van der Waals surface area contributed by atoms with Gasteiger partial charge in [-0.3, -0.25) is 4.79 Å². The van der Waals surface area contributed by atoms with Crippen LogP contribution in [-0.4, -0.2) is 33.6 Å². The molecule has 1 amide bonds. The van der Waals surface area contributed by atoms with Gasteiger partial charge in [-0.1, -0.05) is 12.1 Å². The van der Waals surface area contributed by atoms with Gasteiger partial charge >= 0.3 is 0 Å². The summed E-state index contributed by atoms with van der Waals surface area (Å²) >= 11 is 0.